The molecule has 0 unspecified atom stereocenters. The number of anilines is 1. The Morgan fingerprint density at radius 3 is 2.52 bits per heavy atom. The number of aryl methyl sites for hydroxylation is 1. The predicted molar refractivity (Wildman–Crippen MR) is 123 cm³/mol. The predicted octanol–water partition coefficient (Wildman–Crippen LogP) is 4.13. The molecule has 8 nitrogen and oxygen atoms in total. The van der Waals surface area contributed by atoms with Crippen molar-refractivity contribution in [3.05, 3.63) is 88.7 Å². The third kappa shape index (κ3) is 3.63. The van der Waals surface area contributed by atoms with E-state index in [2.05, 4.69) is 15.5 Å². The molecule has 0 saturated carbocycles. The summed E-state index contributed by atoms with van der Waals surface area (Å²) in [4.78, 5) is 12.6. The highest BCUT2D eigenvalue weighted by molar-refractivity contribution is 5.80. The van der Waals surface area contributed by atoms with Crippen LogP contribution in [-0.4, -0.2) is 26.3 Å². The molecular formula is C24H20FN5O3. The average Bonchev–Trinajstić information content (AvgIpc) is 3.27. The molecular weight excluding hydrogens is 425 g/mol. The monoisotopic (exact) mass is 445 g/mol. The van der Waals surface area contributed by atoms with Gasteiger partial charge in [0.2, 0.25) is 5.78 Å². The second-order valence-corrected chi connectivity index (χ2v) is 7.38. The van der Waals surface area contributed by atoms with Gasteiger partial charge in [-0.2, -0.15) is 0 Å². The van der Waals surface area contributed by atoms with Gasteiger partial charge < -0.3 is 14.8 Å². The quantitative estimate of drug-likeness (QED) is 0.423. The van der Waals surface area contributed by atoms with Gasteiger partial charge in [0.05, 0.1) is 24.6 Å². The van der Waals surface area contributed by atoms with Crippen LogP contribution in [0.25, 0.3) is 16.7 Å². The zero-order valence-corrected chi connectivity index (χ0v) is 17.9. The molecule has 0 bridgehead atoms. The number of methoxy groups -OCH3 is 1. The molecule has 5 rings (SSSR count). The van der Waals surface area contributed by atoms with Crippen LogP contribution in [-0.2, 0) is 13.6 Å². The number of rotatable bonds is 6. The van der Waals surface area contributed by atoms with E-state index in [1.165, 1.54) is 17.7 Å². The van der Waals surface area contributed by atoms with E-state index in [9.17, 15) is 9.18 Å². The van der Waals surface area contributed by atoms with Crippen LogP contribution in [0.5, 0.6) is 17.2 Å². The summed E-state index contributed by atoms with van der Waals surface area (Å²) in [5.41, 5.74) is 1.12. The van der Waals surface area contributed by atoms with Crippen LogP contribution in [0.15, 0.2) is 71.5 Å². The van der Waals surface area contributed by atoms with Crippen LogP contribution in [0.1, 0.15) is 5.82 Å². The number of ether oxygens (including phenoxy) is 2. The molecule has 9 heteroatoms. The van der Waals surface area contributed by atoms with Crippen LogP contribution >= 0.6 is 0 Å². The Hall–Kier alpha value is -4.40. The highest BCUT2D eigenvalue weighted by Crippen LogP contribution is 2.33. The number of nitrogens with zero attached hydrogens (tertiary/aromatic N) is 4. The Bertz CT molecular complexity index is 1540. The van der Waals surface area contributed by atoms with E-state index in [1.807, 2.05) is 28.7 Å². The molecule has 0 spiro atoms. The number of hydrogen-bond donors (Lipinski definition) is 1. The summed E-state index contributed by atoms with van der Waals surface area (Å²) in [6.45, 7) is 0.273. The van der Waals surface area contributed by atoms with Gasteiger partial charge >= 0.3 is 0 Å². The van der Waals surface area contributed by atoms with Crippen LogP contribution in [0.2, 0.25) is 0 Å². The Morgan fingerprint density at radius 2 is 1.73 bits per heavy atom. The largest absolute Gasteiger partial charge is 0.493 e. The van der Waals surface area contributed by atoms with Crippen LogP contribution in [0, 0.1) is 5.82 Å². The van der Waals surface area contributed by atoms with E-state index in [1.54, 1.807) is 43.4 Å². The molecule has 0 atom stereocenters. The third-order valence-corrected chi connectivity index (χ3v) is 5.36. The lowest BCUT2D eigenvalue weighted by atomic mass is 10.2. The van der Waals surface area contributed by atoms with Gasteiger partial charge in [0.15, 0.2) is 28.9 Å². The second-order valence-electron chi connectivity index (χ2n) is 7.38. The van der Waals surface area contributed by atoms with Crippen molar-refractivity contribution in [2.24, 2.45) is 7.05 Å². The van der Waals surface area contributed by atoms with Crippen molar-refractivity contribution >= 4 is 22.4 Å². The van der Waals surface area contributed by atoms with Gasteiger partial charge in [0.1, 0.15) is 0 Å². The lowest BCUT2D eigenvalue weighted by molar-refractivity contribution is 0.371. The molecule has 2 heterocycles. The smallest absolute Gasteiger partial charge is 0.262 e. The van der Waals surface area contributed by atoms with E-state index in [0.29, 0.717) is 39.7 Å². The fraction of sp³-hybridized carbons (Fsp3) is 0.125. The summed E-state index contributed by atoms with van der Waals surface area (Å²) in [5.74, 6) is 1.52. The van der Waals surface area contributed by atoms with Gasteiger partial charge in [-0.1, -0.05) is 24.3 Å². The topological polar surface area (TPSA) is 82.7 Å². The number of hydrogen-bond acceptors (Lipinski definition) is 6. The second kappa shape index (κ2) is 8.27. The molecule has 0 radical (unpaired) electrons. The first-order valence-electron chi connectivity index (χ1n) is 10.2. The van der Waals surface area contributed by atoms with Gasteiger partial charge in [0, 0.05) is 18.8 Å². The first kappa shape index (κ1) is 20.5. The minimum absolute atomic E-state index is 0.0824. The van der Waals surface area contributed by atoms with Crippen molar-refractivity contribution in [2.45, 2.75) is 6.54 Å². The zero-order chi connectivity index (χ0) is 22.9. The molecule has 1 N–H and O–H groups in total. The van der Waals surface area contributed by atoms with Crippen molar-refractivity contribution in [1.29, 1.82) is 0 Å². The lowest BCUT2D eigenvalue weighted by Gasteiger charge is -2.12. The summed E-state index contributed by atoms with van der Waals surface area (Å²) in [6, 6.07) is 18.9. The van der Waals surface area contributed by atoms with E-state index in [0.717, 1.165) is 0 Å². The normalized spacial score (nSPS) is 11.1. The number of fused-ring (bicyclic) bond motifs is 3. The summed E-state index contributed by atoms with van der Waals surface area (Å²) >= 11 is 0. The Kier molecular flexibility index (Phi) is 5.14. The summed E-state index contributed by atoms with van der Waals surface area (Å²) in [5, 5.41) is 12.1. The van der Waals surface area contributed by atoms with E-state index < -0.39 is 5.82 Å². The Labute approximate surface area is 187 Å². The molecule has 166 valence electrons. The number of nitrogens with one attached hydrogen (secondary N) is 1. The van der Waals surface area contributed by atoms with Gasteiger partial charge in [-0.25, -0.2) is 4.39 Å². The first-order chi connectivity index (χ1) is 16.1. The highest BCUT2D eigenvalue weighted by atomic mass is 19.1. The Balaban J connectivity index is 1.41. The SMILES string of the molecule is COc1ccccc1Oc1ccc(NCc2nnc3n(C)c(=O)c4ccccc4n23)cc1F. The summed E-state index contributed by atoms with van der Waals surface area (Å²) in [7, 11) is 3.19. The van der Waals surface area contributed by atoms with Crippen molar-refractivity contribution in [3.8, 4) is 17.2 Å². The minimum atomic E-state index is -0.523. The van der Waals surface area contributed by atoms with Crippen molar-refractivity contribution in [3.63, 3.8) is 0 Å². The molecule has 0 aliphatic rings. The molecule has 0 fully saturated rings. The average molecular weight is 445 g/mol. The van der Waals surface area contributed by atoms with Crippen molar-refractivity contribution < 1.29 is 13.9 Å². The fourth-order valence-electron chi connectivity index (χ4n) is 3.70. The highest BCUT2D eigenvalue weighted by Gasteiger charge is 2.15. The first-order valence-corrected chi connectivity index (χ1v) is 10.2. The maximum Gasteiger partial charge on any atom is 0.262 e. The molecule has 2 aromatic heterocycles. The van der Waals surface area contributed by atoms with E-state index >= 15 is 0 Å². The minimum Gasteiger partial charge on any atom is -0.493 e. The third-order valence-electron chi connectivity index (χ3n) is 5.36. The fourth-order valence-corrected chi connectivity index (χ4v) is 3.70. The van der Waals surface area contributed by atoms with Crippen molar-refractivity contribution in [2.75, 3.05) is 12.4 Å². The Morgan fingerprint density at radius 1 is 0.970 bits per heavy atom. The number of halogens is 1. The standard InChI is InChI=1S/C24H20FN5O3/c1-29-23(31)16-7-3-4-8-18(16)30-22(27-28-24(29)30)14-26-15-11-12-19(17(25)13-15)33-21-10-6-5-9-20(21)32-2/h3-13,26H,14H2,1-2H3. The molecule has 3 aromatic carbocycles. The van der Waals surface area contributed by atoms with Gasteiger partial charge in [-0.3, -0.25) is 13.8 Å². The molecule has 0 amide bonds. The number of benzene rings is 3. The number of aromatic nitrogens is 4. The molecule has 33 heavy (non-hydrogen) atoms. The van der Waals surface area contributed by atoms with E-state index in [-0.39, 0.29) is 17.9 Å². The van der Waals surface area contributed by atoms with Crippen LogP contribution < -0.4 is 20.3 Å². The van der Waals surface area contributed by atoms with Gasteiger partial charge in [0.25, 0.3) is 5.56 Å². The van der Waals surface area contributed by atoms with E-state index in [4.69, 9.17) is 9.47 Å². The van der Waals surface area contributed by atoms with Gasteiger partial charge in [-0.05, 0) is 36.4 Å². The maximum absolute atomic E-state index is 14.7. The van der Waals surface area contributed by atoms with Crippen LogP contribution in [0.4, 0.5) is 10.1 Å². The molecule has 5 aromatic rings. The van der Waals surface area contributed by atoms with Crippen molar-refractivity contribution in [1.82, 2.24) is 19.2 Å². The maximum atomic E-state index is 14.7. The molecule has 0 saturated heterocycles. The molecule has 0 aliphatic heterocycles. The van der Waals surface area contributed by atoms with Crippen LogP contribution in [0.3, 0.4) is 0 Å². The summed E-state index contributed by atoms with van der Waals surface area (Å²) < 4.78 is 28.9. The zero-order valence-electron chi connectivity index (χ0n) is 17.9. The van der Waals surface area contributed by atoms with Gasteiger partial charge in [-0.15, -0.1) is 10.2 Å². The lowest BCUT2D eigenvalue weighted by Crippen LogP contribution is -2.20. The number of para-hydroxylation sites is 3. The molecule has 0 aliphatic carbocycles. The summed E-state index contributed by atoms with van der Waals surface area (Å²) in [6.07, 6.45) is 0.